The number of carbonyl (C=O) groups excluding carboxylic acids is 1. The maximum Gasteiger partial charge on any atom is 0.159 e. The minimum Gasteiger partial charge on any atom is -0.295 e. The van der Waals surface area contributed by atoms with Crippen molar-refractivity contribution in [2.45, 2.75) is 40.5 Å². The minimum absolute atomic E-state index is 0.0477. The highest BCUT2D eigenvalue weighted by molar-refractivity contribution is 5.95. The van der Waals surface area contributed by atoms with E-state index in [0.29, 0.717) is 5.57 Å². The fraction of sp³-hybridized carbons (Fsp3) is 0.462. The fourth-order valence-corrected chi connectivity index (χ4v) is 1.06. The molecule has 0 aliphatic rings. The molecule has 0 atom stereocenters. The van der Waals surface area contributed by atoms with Crippen LogP contribution in [0.2, 0.25) is 0 Å². The van der Waals surface area contributed by atoms with Crippen LogP contribution in [0.1, 0.15) is 40.5 Å². The molecule has 0 unspecified atom stereocenters. The third kappa shape index (κ3) is 6.41. The van der Waals surface area contributed by atoms with Gasteiger partial charge in [-0.15, -0.1) is 0 Å². The minimum atomic E-state index is 0.0477. The Kier molecular flexibility index (Phi) is 5.86. The predicted octanol–water partition coefficient (Wildman–Crippen LogP) is 3.82. The summed E-state index contributed by atoms with van der Waals surface area (Å²) >= 11 is 0. The maximum absolute atomic E-state index is 10.9. The standard InChI is InChI=1S/C13H20O/c1-10(2)7-6-8-11(3)9-12(4)13(5)14/h7,9H,4,6,8H2,1-3,5H3/b11-9-. The summed E-state index contributed by atoms with van der Waals surface area (Å²) in [7, 11) is 0. The second kappa shape index (κ2) is 6.36. The third-order valence-electron chi connectivity index (χ3n) is 1.96. The Morgan fingerprint density at radius 3 is 2.21 bits per heavy atom. The topological polar surface area (TPSA) is 17.1 Å². The molecule has 0 bridgehead atoms. The van der Waals surface area contributed by atoms with Crippen LogP contribution in [-0.2, 0) is 4.79 Å². The molecule has 0 saturated carbocycles. The van der Waals surface area contributed by atoms with Crippen LogP contribution >= 0.6 is 0 Å². The van der Waals surface area contributed by atoms with E-state index in [1.807, 2.05) is 13.0 Å². The van der Waals surface area contributed by atoms with Crippen LogP contribution in [-0.4, -0.2) is 5.78 Å². The Morgan fingerprint density at radius 2 is 1.79 bits per heavy atom. The van der Waals surface area contributed by atoms with Crippen molar-refractivity contribution in [2.24, 2.45) is 0 Å². The molecule has 0 aliphatic carbocycles. The molecule has 78 valence electrons. The van der Waals surface area contributed by atoms with Crippen molar-refractivity contribution in [2.75, 3.05) is 0 Å². The molecule has 0 aliphatic heterocycles. The van der Waals surface area contributed by atoms with Gasteiger partial charge in [-0.1, -0.05) is 29.9 Å². The lowest BCUT2D eigenvalue weighted by Crippen LogP contribution is -1.91. The summed E-state index contributed by atoms with van der Waals surface area (Å²) in [6.45, 7) is 11.5. The van der Waals surface area contributed by atoms with E-state index in [4.69, 9.17) is 0 Å². The molecule has 0 saturated heterocycles. The van der Waals surface area contributed by atoms with E-state index in [0.717, 1.165) is 12.8 Å². The number of hydrogen-bond acceptors (Lipinski definition) is 1. The Balaban J connectivity index is 4.08. The highest BCUT2D eigenvalue weighted by Gasteiger charge is 1.96. The SMILES string of the molecule is C=C(/C=C(/C)CCC=C(C)C)C(C)=O. The quantitative estimate of drug-likeness (QED) is 0.367. The molecule has 1 heteroatoms. The number of hydrogen-bond donors (Lipinski definition) is 0. The van der Waals surface area contributed by atoms with Gasteiger partial charge in [0.25, 0.3) is 0 Å². The monoisotopic (exact) mass is 192 g/mol. The highest BCUT2D eigenvalue weighted by Crippen LogP contribution is 2.09. The zero-order chi connectivity index (χ0) is 11.1. The van der Waals surface area contributed by atoms with Crippen LogP contribution in [0.25, 0.3) is 0 Å². The normalized spacial score (nSPS) is 11.0. The Bertz CT molecular complexity index is 276. The molecule has 0 N–H and O–H groups in total. The molecule has 14 heavy (non-hydrogen) atoms. The van der Waals surface area contributed by atoms with Crippen molar-refractivity contribution in [3.63, 3.8) is 0 Å². The van der Waals surface area contributed by atoms with Crippen molar-refractivity contribution in [1.29, 1.82) is 0 Å². The van der Waals surface area contributed by atoms with E-state index in [9.17, 15) is 4.79 Å². The average molecular weight is 192 g/mol. The van der Waals surface area contributed by atoms with Crippen molar-refractivity contribution >= 4 is 5.78 Å². The van der Waals surface area contributed by atoms with E-state index in [2.05, 4.69) is 26.5 Å². The first-order valence-electron chi connectivity index (χ1n) is 4.94. The first-order valence-corrected chi connectivity index (χ1v) is 4.94. The summed E-state index contributed by atoms with van der Waals surface area (Å²) in [6, 6.07) is 0. The largest absolute Gasteiger partial charge is 0.295 e. The van der Waals surface area contributed by atoms with Gasteiger partial charge in [-0.2, -0.15) is 0 Å². The summed E-state index contributed by atoms with van der Waals surface area (Å²) in [6.07, 6.45) is 6.11. The number of Topliss-reactive ketones (excluding diaryl/α,β-unsaturated/α-hetero) is 1. The molecule has 0 aromatic heterocycles. The molecule has 0 fully saturated rings. The average Bonchev–Trinajstić information content (AvgIpc) is 2.02. The molecule has 1 nitrogen and oxygen atoms in total. The van der Waals surface area contributed by atoms with Crippen LogP contribution in [0, 0.1) is 0 Å². The van der Waals surface area contributed by atoms with E-state index < -0.39 is 0 Å². The molecule has 0 aromatic rings. The Labute approximate surface area is 87.2 Å². The molecule has 0 aromatic carbocycles. The molecule has 0 heterocycles. The van der Waals surface area contributed by atoms with Gasteiger partial charge in [0.2, 0.25) is 0 Å². The smallest absolute Gasteiger partial charge is 0.159 e. The molecular weight excluding hydrogens is 172 g/mol. The van der Waals surface area contributed by atoms with Gasteiger partial charge >= 0.3 is 0 Å². The van der Waals surface area contributed by atoms with Crippen molar-refractivity contribution < 1.29 is 4.79 Å². The number of rotatable bonds is 5. The van der Waals surface area contributed by atoms with Gasteiger partial charge in [-0.05, 0) is 40.5 Å². The second-order valence-electron chi connectivity index (χ2n) is 3.89. The summed E-state index contributed by atoms with van der Waals surface area (Å²) in [5, 5.41) is 0. The molecule has 0 spiro atoms. The Morgan fingerprint density at radius 1 is 1.21 bits per heavy atom. The summed E-state index contributed by atoms with van der Waals surface area (Å²) in [4.78, 5) is 10.9. The van der Waals surface area contributed by atoms with E-state index >= 15 is 0 Å². The fourth-order valence-electron chi connectivity index (χ4n) is 1.06. The molecule has 0 rings (SSSR count). The lowest BCUT2D eigenvalue weighted by molar-refractivity contribution is -0.113. The van der Waals surface area contributed by atoms with Gasteiger partial charge in [-0.25, -0.2) is 0 Å². The van der Waals surface area contributed by atoms with Crippen molar-refractivity contribution in [1.82, 2.24) is 0 Å². The first-order chi connectivity index (χ1) is 6.43. The molecular formula is C13H20O. The van der Waals surface area contributed by atoms with Crippen molar-refractivity contribution in [3.05, 3.63) is 35.5 Å². The van der Waals surface area contributed by atoms with Crippen molar-refractivity contribution in [3.8, 4) is 0 Å². The van der Waals surface area contributed by atoms with Crippen LogP contribution in [0.15, 0.2) is 35.5 Å². The van der Waals surface area contributed by atoms with Gasteiger partial charge in [0.05, 0.1) is 0 Å². The van der Waals surface area contributed by atoms with Crippen LogP contribution in [0.5, 0.6) is 0 Å². The zero-order valence-electron chi connectivity index (χ0n) is 9.68. The van der Waals surface area contributed by atoms with Gasteiger partial charge < -0.3 is 0 Å². The van der Waals surface area contributed by atoms with E-state index in [-0.39, 0.29) is 5.78 Å². The van der Waals surface area contributed by atoms with Gasteiger partial charge in [-0.3, -0.25) is 4.79 Å². The number of carbonyl (C=O) groups is 1. The number of ketones is 1. The number of allylic oxidation sites excluding steroid dienone is 5. The summed E-state index contributed by atoms with van der Waals surface area (Å²) in [5.41, 5.74) is 3.14. The van der Waals surface area contributed by atoms with Crippen LogP contribution in [0.4, 0.5) is 0 Å². The maximum atomic E-state index is 10.9. The van der Waals surface area contributed by atoms with E-state index in [1.165, 1.54) is 11.1 Å². The van der Waals surface area contributed by atoms with Crippen LogP contribution < -0.4 is 0 Å². The first kappa shape index (κ1) is 12.9. The zero-order valence-corrected chi connectivity index (χ0v) is 9.68. The molecule has 0 radical (unpaired) electrons. The van der Waals surface area contributed by atoms with Gasteiger partial charge in [0, 0.05) is 5.57 Å². The van der Waals surface area contributed by atoms with Gasteiger partial charge in [0.15, 0.2) is 5.78 Å². The Hall–Kier alpha value is -1.11. The summed E-state index contributed by atoms with van der Waals surface area (Å²) in [5.74, 6) is 0.0477. The third-order valence-corrected chi connectivity index (χ3v) is 1.96. The second-order valence-corrected chi connectivity index (χ2v) is 3.89. The molecule has 0 amide bonds. The predicted molar refractivity (Wildman–Crippen MR) is 62.2 cm³/mol. The van der Waals surface area contributed by atoms with Crippen LogP contribution in [0.3, 0.4) is 0 Å². The summed E-state index contributed by atoms with van der Waals surface area (Å²) < 4.78 is 0. The van der Waals surface area contributed by atoms with Gasteiger partial charge in [0.1, 0.15) is 0 Å². The lowest BCUT2D eigenvalue weighted by atomic mass is 10.1. The van der Waals surface area contributed by atoms with E-state index in [1.54, 1.807) is 6.92 Å². The lowest BCUT2D eigenvalue weighted by Gasteiger charge is -1.99. The highest BCUT2D eigenvalue weighted by atomic mass is 16.1.